The SMILES string of the molecule is CCC(O)(CC)CCc1ccc(C(CC)(CC)c2ccc(-c3cncc(COC=O)c3)cc2)cc1C. The number of aromatic nitrogens is 1. The number of pyridine rings is 1. The lowest BCUT2D eigenvalue weighted by molar-refractivity contribution is -0.129. The van der Waals surface area contributed by atoms with Crippen LogP contribution < -0.4 is 0 Å². The van der Waals surface area contributed by atoms with Crippen LogP contribution in [0.4, 0.5) is 0 Å². The van der Waals surface area contributed by atoms with E-state index in [9.17, 15) is 9.90 Å². The van der Waals surface area contributed by atoms with Gasteiger partial charge in [-0.1, -0.05) is 70.2 Å². The summed E-state index contributed by atoms with van der Waals surface area (Å²) in [6.07, 6.45) is 8.85. The Labute approximate surface area is 216 Å². The number of nitrogens with zero attached hydrogens (tertiary/aromatic N) is 1. The molecule has 0 saturated heterocycles. The first-order valence-corrected chi connectivity index (χ1v) is 13.3. The molecule has 0 fully saturated rings. The number of aliphatic hydroxyl groups is 1. The fraction of sp³-hybridized carbons (Fsp3) is 0.438. The van der Waals surface area contributed by atoms with Gasteiger partial charge in [-0.05, 0) is 79.3 Å². The molecule has 0 spiro atoms. The third-order valence-electron chi connectivity index (χ3n) is 8.16. The van der Waals surface area contributed by atoms with Crippen LogP contribution in [0.2, 0.25) is 0 Å². The third-order valence-corrected chi connectivity index (χ3v) is 8.16. The lowest BCUT2D eigenvalue weighted by atomic mass is 9.70. The highest BCUT2D eigenvalue weighted by atomic mass is 16.5. The number of aryl methyl sites for hydroxylation is 2. The summed E-state index contributed by atoms with van der Waals surface area (Å²) in [7, 11) is 0. The maximum Gasteiger partial charge on any atom is 0.293 e. The van der Waals surface area contributed by atoms with E-state index >= 15 is 0 Å². The molecule has 2 aromatic carbocycles. The van der Waals surface area contributed by atoms with E-state index in [4.69, 9.17) is 4.74 Å². The van der Waals surface area contributed by atoms with E-state index < -0.39 is 5.60 Å². The number of ether oxygens (including phenoxy) is 1. The molecule has 0 saturated carbocycles. The van der Waals surface area contributed by atoms with Crippen molar-refractivity contribution in [2.45, 2.75) is 90.8 Å². The molecule has 4 heteroatoms. The summed E-state index contributed by atoms with van der Waals surface area (Å²) in [6.45, 7) is 11.5. The number of carbonyl (C=O) groups excluding carboxylic acids is 1. The molecule has 0 unspecified atom stereocenters. The highest BCUT2D eigenvalue weighted by Gasteiger charge is 2.31. The maximum atomic E-state index is 10.7. The standard InChI is InChI=1S/C32H41NO3/c1-6-31(35,7-2)17-16-26-10-15-30(18-24(26)5)32(8-3,9-4)29-13-11-27(12-14-29)28-19-25(20-33-21-28)22-36-23-34/h10-15,18-21,23,35H,6-9,16-17,22H2,1-5H3. The van der Waals surface area contributed by atoms with Crippen molar-refractivity contribution in [2.75, 3.05) is 0 Å². The molecule has 0 amide bonds. The highest BCUT2D eigenvalue weighted by molar-refractivity contribution is 5.64. The molecule has 3 aromatic rings. The van der Waals surface area contributed by atoms with Gasteiger partial charge in [0.15, 0.2) is 0 Å². The number of hydrogen-bond donors (Lipinski definition) is 1. The van der Waals surface area contributed by atoms with Crippen molar-refractivity contribution in [2.24, 2.45) is 0 Å². The Hall–Kier alpha value is -2.98. The van der Waals surface area contributed by atoms with Crippen LogP contribution in [0.15, 0.2) is 60.9 Å². The van der Waals surface area contributed by atoms with Crippen LogP contribution in [-0.4, -0.2) is 22.2 Å². The van der Waals surface area contributed by atoms with E-state index in [0.717, 1.165) is 55.2 Å². The average molecular weight is 488 g/mol. The Balaban J connectivity index is 1.88. The summed E-state index contributed by atoms with van der Waals surface area (Å²) in [4.78, 5) is 14.8. The Morgan fingerprint density at radius 2 is 1.53 bits per heavy atom. The molecule has 0 aliphatic carbocycles. The first-order chi connectivity index (χ1) is 17.3. The van der Waals surface area contributed by atoms with Crippen molar-refractivity contribution >= 4 is 6.47 Å². The predicted molar refractivity (Wildman–Crippen MR) is 147 cm³/mol. The van der Waals surface area contributed by atoms with Crippen LogP contribution >= 0.6 is 0 Å². The van der Waals surface area contributed by atoms with Gasteiger partial charge in [0, 0.05) is 28.9 Å². The summed E-state index contributed by atoms with van der Waals surface area (Å²) in [6, 6.07) is 17.7. The fourth-order valence-corrected chi connectivity index (χ4v) is 5.31. The third kappa shape index (κ3) is 6.04. The fourth-order valence-electron chi connectivity index (χ4n) is 5.31. The van der Waals surface area contributed by atoms with Gasteiger partial charge >= 0.3 is 0 Å². The minimum Gasteiger partial charge on any atom is -0.463 e. The molecule has 1 heterocycles. The van der Waals surface area contributed by atoms with Crippen LogP contribution in [0, 0.1) is 6.92 Å². The number of rotatable bonds is 13. The minimum absolute atomic E-state index is 0.0622. The van der Waals surface area contributed by atoms with Crippen LogP contribution in [0.1, 0.15) is 87.6 Å². The maximum absolute atomic E-state index is 10.7. The minimum atomic E-state index is -0.569. The number of hydrogen-bond acceptors (Lipinski definition) is 4. The largest absolute Gasteiger partial charge is 0.463 e. The van der Waals surface area contributed by atoms with Crippen LogP contribution in [-0.2, 0) is 28.0 Å². The summed E-state index contributed by atoms with van der Waals surface area (Å²) in [5.74, 6) is 0. The predicted octanol–water partition coefficient (Wildman–Crippen LogP) is 7.32. The van der Waals surface area contributed by atoms with Gasteiger partial charge < -0.3 is 9.84 Å². The van der Waals surface area contributed by atoms with Gasteiger partial charge in [-0.3, -0.25) is 9.78 Å². The molecular formula is C32H41NO3. The average Bonchev–Trinajstić information content (AvgIpc) is 2.92. The van der Waals surface area contributed by atoms with Crippen molar-refractivity contribution < 1.29 is 14.6 Å². The molecule has 3 rings (SSSR count). The molecule has 0 bridgehead atoms. The second kappa shape index (κ2) is 12.3. The molecule has 192 valence electrons. The molecule has 4 nitrogen and oxygen atoms in total. The monoisotopic (exact) mass is 487 g/mol. The summed E-state index contributed by atoms with van der Waals surface area (Å²) in [5.41, 5.74) is 7.60. The first-order valence-electron chi connectivity index (χ1n) is 13.3. The van der Waals surface area contributed by atoms with Gasteiger partial charge in [0.2, 0.25) is 0 Å². The van der Waals surface area contributed by atoms with Gasteiger partial charge in [-0.15, -0.1) is 0 Å². The second-order valence-electron chi connectivity index (χ2n) is 9.93. The smallest absolute Gasteiger partial charge is 0.293 e. The van der Waals surface area contributed by atoms with E-state index in [0.29, 0.717) is 6.47 Å². The van der Waals surface area contributed by atoms with Crippen LogP contribution in [0.3, 0.4) is 0 Å². The summed E-state index contributed by atoms with van der Waals surface area (Å²) < 4.78 is 4.88. The summed E-state index contributed by atoms with van der Waals surface area (Å²) >= 11 is 0. The molecule has 36 heavy (non-hydrogen) atoms. The van der Waals surface area contributed by atoms with Crippen molar-refractivity contribution in [1.82, 2.24) is 4.98 Å². The first kappa shape index (κ1) is 27.6. The van der Waals surface area contributed by atoms with E-state index in [1.165, 1.54) is 22.3 Å². The van der Waals surface area contributed by atoms with Gasteiger partial charge in [0.1, 0.15) is 6.61 Å². The van der Waals surface area contributed by atoms with Crippen molar-refractivity contribution in [1.29, 1.82) is 0 Å². The zero-order valence-corrected chi connectivity index (χ0v) is 22.5. The molecule has 0 radical (unpaired) electrons. The molecule has 1 aromatic heterocycles. The molecule has 1 N–H and O–H groups in total. The summed E-state index contributed by atoms with van der Waals surface area (Å²) in [5, 5.41) is 10.7. The van der Waals surface area contributed by atoms with Gasteiger partial charge in [-0.2, -0.15) is 0 Å². The Kier molecular flexibility index (Phi) is 9.44. The lowest BCUT2D eigenvalue weighted by Crippen LogP contribution is -2.27. The highest BCUT2D eigenvalue weighted by Crippen LogP contribution is 2.40. The van der Waals surface area contributed by atoms with Crippen LogP contribution in [0.25, 0.3) is 11.1 Å². The molecule has 0 aliphatic heterocycles. The van der Waals surface area contributed by atoms with E-state index in [2.05, 4.69) is 82.1 Å². The van der Waals surface area contributed by atoms with Crippen molar-refractivity contribution in [3.05, 3.63) is 88.7 Å². The number of carbonyl (C=O) groups is 1. The quantitative estimate of drug-likeness (QED) is 0.257. The van der Waals surface area contributed by atoms with E-state index in [1.54, 1.807) is 6.20 Å². The topological polar surface area (TPSA) is 59.4 Å². The molecular weight excluding hydrogens is 446 g/mol. The molecule has 0 aliphatic rings. The second-order valence-corrected chi connectivity index (χ2v) is 9.93. The van der Waals surface area contributed by atoms with Gasteiger partial charge in [0.05, 0.1) is 5.60 Å². The van der Waals surface area contributed by atoms with Crippen molar-refractivity contribution in [3.8, 4) is 11.1 Å². The van der Waals surface area contributed by atoms with Gasteiger partial charge in [0.25, 0.3) is 6.47 Å². The normalized spacial score (nSPS) is 11.9. The Bertz CT molecular complexity index is 1130. The zero-order valence-electron chi connectivity index (χ0n) is 22.5. The van der Waals surface area contributed by atoms with Crippen molar-refractivity contribution in [3.63, 3.8) is 0 Å². The molecule has 0 atom stereocenters. The van der Waals surface area contributed by atoms with E-state index in [-0.39, 0.29) is 12.0 Å². The van der Waals surface area contributed by atoms with Crippen LogP contribution in [0.5, 0.6) is 0 Å². The van der Waals surface area contributed by atoms with Gasteiger partial charge in [-0.25, -0.2) is 0 Å². The zero-order chi connectivity index (χ0) is 26.2. The Morgan fingerprint density at radius 3 is 2.11 bits per heavy atom. The lowest BCUT2D eigenvalue weighted by Gasteiger charge is -2.34. The number of benzene rings is 2. The Morgan fingerprint density at radius 1 is 0.861 bits per heavy atom. The van der Waals surface area contributed by atoms with E-state index in [1.807, 2.05) is 12.3 Å².